The Balaban J connectivity index is 1.42. The Morgan fingerprint density at radius 3 is 2.25 bits per heavy atom. The van der Waals surface area contributed by atoms with Crippen molar-refractivity contribution < 1.29 is 35.9 Å². The van der Waals surface area contributed by atoms with Gasteiger partial charge < -0.3 is 14.8 Å². The third kappa shape index (κ3) is 7.55. The number of nitrogens with one attached hydrogen (secondary N) is 2. The Bertz CT molecular complexity index is 1450. The minimum absolute atomic E-state index is 0.0254. The average Bonchev–Trinajstić information content (AvgIpc) is 3.26. The molecule has 44 heavy (non-hydrogen) atoms. The molecule has 2 aromatic carbocycles. The van der Waals surface area contributed by atoms with Gasteiger partial charge in [0.15, 0.2) is 0 Å². The minimum Gasteiger partial charge on any atom is -0.361 e. The van der Waals surface area contributed by atoms with Crippen LogP contribution in [0.5, 0.6) is 0 Å². The first kappa shape index (κ1) is 31.8. The standard InChI is InChI=1S/C31H35F6N5O2/c1-40-9-11-41(12-10-40)39-28(43)14-20-5-4-8-42(25(13-20)17-22-19-38-27-7-3-2-6-26(22)27)29(44)21-15-23(30(32,33)34)18-24(16-21)31(35,36)37/h2-3,6-7,15-16,18-20,25,38H,4-5,8-14,17H2,1H3,(H,39,43)/t20?,25-/m0/s1. The van der Waals surface area contributed by atoms with Crippen LogP contribution < -0.4 is 5.43 Å². The van der Waals surface area contributed by atoms with Crippen LogP contribution in [0.15, 0.2) is 48.7 Å². The number of hydrogen-bond donors (Lipinski definition) is 2. The second kappa shape index (κ2) is 12.8. The quantitative estimate of drug-likeness (QED) is 0.345. The number of carbonyl (C=O) groups excluding carboxylic acids is 2. The molecule has 0 radical (unpaired) electrons. The van der Waals surface area contributed by atoms with Crippen LogP contribution in [0.4, 0.5) is 26.3 Å². The molecule has 1 unspecified atom stereocenters. The molecule has 3 heterocycles. The maximum Gasteiger partial charge on any atom is 0.416 e. The van der Waals surface area contributed by atoms with Gasteiger partial charge in [-0.25, -0.2) is 5.01 Å². The zero-order chi connectivity index (χ0) is 31.6. The van der Waals surface area contributed by atoms with Crippen LogP contribution in [0.25, 0.3) is 10.9 Å². The van der Waals surface area contributed by atoms with Crippen molar-refractivity contribution in [3.63, 3.8) is 0 Å². The van der Waals surface area contributed by atoms with E-state index in [0.717, 1.165) is 29.6 Å². The number of aromatic amines is 1. The topological polar surface area (TPSA) is 71.7 Å². The van der Waals surface area contributed by atoms with E-state index in [1.54, 1.807) is 6.20 Å². The van der Waals surface area contributed by atoms with E-state index in [9.17, 15) is 35.9 Å². The van der Waals surface area contributed by atoms with Gasteiger partial charge in [-0.15, -0.1) is 0 Å². The molecule has 13 heteroatoms. The van der Waals surface area contributed by atoms with Crippen molar-refractivity contribution in [3.05, 3.63) is 70.9 Å². The number of para-hydroxylation sites is 1. The van der Waals surface area contributed by atoms with Crippen LogP contribution in [0, 0.1) is 5.92 Å². The molecule has 2 aliphatic heterocycles. The molecule has 0 bridgehead atoms. The highest BCUT2D eigenvalue weighted by molar-refractivity contribution is 5.95. The predicted molar refractivity (Wildman–Crippen MR) is 152 cm³/mol. The molecule has 1 aromatic heterocycles. The predicted octanol–water partition coefficient (Wildman–Crippen LogP) is 5.73. The van der Waals surface area contributed by atoms with Crippen LogP contribution in [-0.2, 0) is 23.6 Å². The summed E-state index contributed by atoms with van der Waals surface area (Å²) in [4.78, 5) is 33.6. The summed E-state index contributed by atoms with van der Waals surface area (Å²) in [5.74, 6) is -1.19. The molecule has 0 spiro atoms. The second-order valence-electron chi connectivity index (χ2n) is 11.8. The van der Waals surface area contributed by atoms with Crippen molar-refractivity contribution in [3.8, 4) is 0 Å². The van der Waals surface area contributed by atoms with Crippen molar-refractivity contribution in [2.75, 3.05) is 39.8 Å². The smallest absolute Gasteiger partial charge is 0.361 e. The first-order valence-electron chi connectivity index (χ1n) is 14.7. The van der Waals surface area contributed by atoms with Crippen molar-refractivity contribution in [2.24, 2.45) is 5.92 Å². The van der Waals surface area contributed by atoms with Gasteiger partial charge in [0.2, 0.25) is 5.91 Å². The van der Waals surface area contributed by atoms with Gasteiger partial charge in [-0.1, -0.05) is 18.2 Å². The lowest BCUT2D eigenvalue weighted by molar-refractivity contribution is -0.143. The van der Waals surface area contributed by atoms with Crippen LogP contribution in [0.3, 0.4) is 0 Å². The van der Waals surface area contributed by atoms with E-state index in [1.165, 1.54) is 4.90 Å². The summed E-state index contributed by atoms with van der Waals surface area (Å²) in [6, 6.07) is 7.98. The lowest BCUT2D eigenvalue weighted by atomic mass is 9.90. The van der Waals surface area contributed by atoms with Crippen molar-refractivity contribution in [1.82, 2.24) is 25.2 Å². The number of H-pyrrole nitrogens is 1. The summed E-state index contributed by atoms with van der Waals surface area (Å²) in [6.07, 6.45) is -6.42. The minimum atomic E-state index is -5.07. The molecule has 5 rings (SSSR count). The molecule has 2 saturated heterocycles. The molecular weight excluding hydrogens is 588 g/mol. The van der Waals surface area contributed by atoms with E-state index in [4.69, 9.17) is 0 Å². The number of fused-ring (bicyclic) bond motifs is 1. The van der Waals surface area contributed by atoms with Crippen molar-refractivity contribution in [2.45, 2.75) is 50.5 Å². The molecule has 2 atom stereocenters. The number of hydrogen-bond acceptors (Lipinski definition) is 4. The number of amides is 2. The molecule has 7 nitrogen and oxygen atoms in total. The van der Waals surface area contributed by atoms with Gasteiger partial charge in [0, 0.05) is 67.8 Å². The molecular formula is C31H35F6N5O2. The number of benzene rings is 2. The van der Waals surface area contributed by atoms with Gasteiger partial charge in [0.1, 0.15) is 0 Å². The number of likely N-dealkylation sites (tertiary alicyclic amines) is 1. The largest absolute Gasteiger partial charge is 0.416 e. The Labute approximate surface area is 251 Å². The SMILES string of the molecule is CN1CCN(NC(=O)CC2CCCN(C(=O)c3cc(C(F)(F)F)cc(C(F)(F)F)c3)[C@H](Cc3c[nH]c4ccccc34)C2)CC1. The van der Waals surface area contributed by atoms with Crippen LogP contribution in [0.1, 0.15) is 52.7 Å². The third-order valence-electron chi connectivity index (χ3n) is 8.54. The fourth-order valence-corrected chi connectivity index (χ4v) is 6.21. The molecule has 0 aliphatic carbocycles. The Morgan fingerprint density at radius 2 is 1.59 bits per heavy atom. The zero-order valence-corrected chi connectivity index (χ0v) is 24.3. The molecule has 2 amide bonds. The Hall–Kier alpha value is -3.58. The van der Waals surface area contributed by atoms with Gasteiger partial charge in [-0.05, 0) is 68.5 Å². The molecule has 3 aromatic rings. The Kier molecular flexibility index (Phi) is 9.26. The monoisotopic (exact) mass is 623 g/mol. The highest BCUT2D eigenvalue weighted by atomic mass is 19.4. The van der Waals surface area contributed by atoms with E-state index >= 15 is 0 Å². The average molecular weight is 624 g/mol. The summed E-state index contributed by atoms with van der Waals surface area (Å²) < 4.78 is 81.6. The van der Waals surface area contributed by atoms with Crippen molar-refractivity contribution >= 4 is 22.7 Å². The summed E-state index contributed by atoms with van der Waals surface area (Å²) in [5, 5.41) is 2.79. The molecule has 2 N–H and O–H groups in total. The van der Waals surface area contributed by atoms with Crippen LogP contribution in [0.2, 0.25) is 0 Å². The second-order valence-corrected chi connectivity index (χ2v) is 11.8. The fraction of sp³-hybridized carbons (Fsp3) is 0.484. The molecule has 238 valence electrons. The van der Waals surface area contributed by atoms with Crippen LogP contribution >= 0.6 is 0 Å². The number of halogens is 6. The molecule has 0 saturated carbocycles. The maximum atomic E-state index is 13.8. The zero-order valence-electron chi connectivity index (χ0n) is 24.3. The van der Waals surface area contributed by atoms with Gasteiger partial charge in [0.25, 0.3) is 5.91 Å². The molecule has 2 aliphatic rings. The van der Waals surface area contributed by atoms with Crippen LogP contribution in [-0.4, -0.2) is 77.4 Å². The van der Waals surface area contributed by atoms with Gasteiger partial charge >= 0.3 is 12.4 Å². The van der Waals surface area contributed by atoms with E-state index < -0.39 is 41.0 Å². The summed E-state index contributed by atoms with van der Waals surface area (Å²) in [6.45, 7) is 3.16. The highest BCUT2D eigenvalue weighted by Gasteiger charge is 2.39. The van der Waals surface area contributed by atoms with Crippen molar-refractivity contribution in [1.29, 1.82) is 0 Å². The lowest BCUT2D eigenvalue weighted by Gasteiger charge is -2.33. The number of carbonyl (C=O) groups is 2. The lowest BCUT2D eigenvalue weighted by Crippen LogP contribution is -2.52. The van der Waals surface area contributed by atoms with Gasteiger partial charge in [0.05, 0.1) is 11.1 Å². The van der Waals surface area contributed by atoms with E-state index in [2.05, 4.69) is 15.3 Å². The molecule has 2 fully saturated rings. The van der Waals surface area contributed by atoms with E-state index in [0.29, 0.717) is 50.9 Å². The number of alkyl halides is 6. The Morgan fingerprint density at radius 1 is 0.932 bits per heavy atom. The van der Waals surface area contributed by atoms with Gasteiger partial charge in [-0.3, -0.25) is 15.0 Å². The first-order valence-corrected chi connectivity index (χ1v) is 14.7. The number of rotatable bonds is 6. The van der Waals surface area contributed by atoms with Gasteiger partial charge in [-0.2, -0.15) is 26.3 Å². The number of hydrazine groups is 1. The number of piperazine rings is 1. The number of likely N-dealkylation sites (N-methyl/N-ethyl adjacent to an activating group) is 1. The first-order chi connectivity index (χ1) is 20.8. The normalized spacial score (nSPS) is 20.9. The fourth-order valence-electron chi connectivity index (χ4n) is 6.21. The number of nitrogens with zero attached hydrogens (tertiary/aromatic N) is 3. The summed E-state index contributed by atoms with van der Waals surface area (Å²) >= 11 is 0. The highest BCUT2D eigenvalue weighted by Crippen LogP contribution is 2.37. The maximum absolute atomic E-state index is 13.8. The summed E-state index contributed by atoms with van der Waals surface area (Å²) in [7, 11) is 2.01. The number of aromatic nitrogens is 1. The van der Waals surface area contributed by atoms with E-state index in [1.807, 2.05) is 36.3 Å². The third-order valence-corrected chi connectivity index (χ3v) is 8.54. The van der Waals surface area contributed by atoms with E-state index in [-0.39, 0.29) is 30.9 Å². The summed E-state index contributed by atoms with van der Waals surface area (Å²) in [5.41, 5.74) is 0.968.